The molecule has 1 atom stereocenters. The molecule has 226 valence electrons. The highest BCUT2D eigenvalue weighted by Crippen LogP contribution is 2.49. The van der Waals surface area contributed by atoms with Gasteiger partial charge in [0.15, 0.2) is 11.5 Å². The summed E-state index contributed by atoms with van der Waals surface area (Å²) in [6, 6.07) is 39.6. The van der Waals surface area contributed by atoms with Crippen molar-refractivity contribution in [3.8, 4) is 17.2 Å². The molecular formula is C38H31ClO6. The normalized spacial score (nSPS) is 15.7. The Hall–Kier alpha value is -5.04. The summed E-state index contributed by atoms with van der Waals surface area (Å²) in [5.74, 6) is -0.129. The van der Waals surface area contributed by atoms with Crippen LogP contribution < -0.4 is 14.2 Å². The van der Waals surface area contributed by atoms with Gasteiger partial charge in [0.2, 0.25) is 11.4 Å². The number of hydrogen-bond acceptors (Lipinski definition) is 5. The average Bonchev–Trinajstić information content (AvgIpc) is 3.54. The summed E-state index contributed by atoms with van der Waals surface area (Å²) >= 11 is 6.16. The zero-order chi connectivity index (χ0) is 31.1. The lowest BCUT2D eigenvalue weighted by Gasteiger charge is -2.30. The van der Waals surface area contributed by atoms with E-state index in [1.807, 2.05) is 91.0 Å². The third kappa shape index (κ3) is 6.73. The molecule has 1 unspecified atom stereocenters. The smallest absolute Gasteiger partial charge is 0.345 e. The van der Waals surface area contributed by atoms with Crippen LogP contribution in [0, 0.1) is 0 Å². The van der Waals surface area contributed by atoms with Gasteiger partial charge in [-0.1, -0.05) is 121 Å². The van der Waals surface area contributed by atoms with Crippen LogP contribution in [0.5, 0.6) is 17.2 Å². The first-order valence-electron chi connectivity index (χ1n) is 14.6. The Morgan fingerprint density at radius 3 is 1.62 bits per heavy atom. The predicted molar refractivity (Wildman–Crippen MR) is 173 cm³/mol. The number of carbonyl (C=O) groups is 1. The van der Waals surface area contributed by atoms with Gasteiger partial charge in [0.05, 0.1) is 6.61 Å². The van der Waals surface area contributed by atoms with Crippen LogP contribution in [-0.4, -0.2) is 17.7 Å². The van der Waals surface area contributed by atoms with Gasteiger partial charge in [-0.2, -0.15) is 0 Å². The van der Waals surface area contributed by atoms with E-state index in [2.05, 4.69) is 0 Å². The zero-order valence-corrected chi connectivity index (χ0v) is 25.2. The molecular weight excluding hydrogens is 588 g/mol. The monoisotopic (exact) mass is 618 g/mol. The van der Waals surface area contributed by atoms with Gasteiger partial charge in [-0.05, 0) is 46.5 Å². The quantitative estimate of drug-likeness (QED) is 0.151. The minimum absolute atomic E-state index is 0.108. The number of hydrogen-bond donors (Lipinski definition) is 1. The van der Waals surface area contributed by atoms with Gasteiger partial charge in [0.25, 0.3) is 0 Å². The summed E-state index contributed by atoms with van der Waals surface area (Å²) in [7, 11) is 0. The van der Waals surface area contributed by atoms with Crippen LogP contribution in [0.25, 0.3) is 5.57 Å². The molecule has 5 aromatic rings. The third-order valence-corrected chi connectivity index (χ3v) is 7.80. The SMILES string of the molecule is O=C(O)C1(c2cc(OCc3ccccc3)c(OCc3ccccc3)c(OCc3ccccc3)c2)OCC=C1c1ccc(Cl)cc1. The fourth-order valence-corrected chi connectivity index (χ4v) is 5.42. The second-order valence-corrected chi connectivity index (χ2v) is 11.0. The maximum Gasteiger partial charge on any atom is 0.345 e. The minimum Gasteiger partial charge on any atom is -0.485 e. The van der Waals surface area contributed by atoms with Crippen molar-refractivity contribution < 1.29 is 28.8 Å². The van der Waals surface area contributed by atoms with Gasteiger partial charge >= 0.3 is 5.97 Å². The molecule has 0 aliphatic carbocycles. The Balaban J connectivity index is 1.47. The van der Waals surface area contributed by atoms with Crippen LogP contribution in [0.15, 0.2) is 133 Å². The van der Waals surface area contributed by atoms with Crippen LogP contribution in [-0.2, 0) is 35.0 Å². The molecule has 45 heavy (non-hydrogen) atoms. The Morgan fingerprint density at radius 2 is 1.16 bits per heavy atom. The molecule has 5 aromatic carbocycles. The molecule has 0 spiro atoms. The maximum absolute atomic E-state index is 13.2. The van der Waals surface area contributed by atoms with Crippen molar-refractivity contribution in [2.24, 2.45) is 0 Å². The largest absolute Gasteiger partial charge is 0.485 e. The highest BCUT2D eigenvalue weighted by molar-refractivity contribution is 6.30. The molecule has 0 bridgehead atoms. The van der Waals surface area contributed by atoms with E-state index in [4.69, 9.17) is 30.5 Å². The Kier molecular flexibility index (Phi) is 9.15. The minimum atomic E-state index is -1.83. The molecule has 0 saturated carbocycles. The summed E-state index contributed by atoms with van der Waals surface area (Å²) in [5.41, 5.74) is 2.52. The van der Waals surface area contributed by atoms with E-state index in [9.17, 15) is 9.90 Å². The second-order valence-electron chi connectivity index (χ2n) is 10.5. The van der Waals surface area contributed by atoms with Crippen LogP contribution in [0.1, 0.15) is 27.8 Å². The van der Waals surface area contributed by atoms with E-state index in [1.165, 1.54) is 0 Å². The van der Waals surface area contributed by atoms with E-state index < -0.39 is 11.6 Å². The molecule has 1 aliphatic heterocycles. The summed E-state index contributed by atoms with van der Waals surface area (Å²) in [6.07, 6.45) is 1.78. The summed E-state index contributed by atoms with van der Waals surface area (Å²) in [5, 5.41) is 11.4. The van der Waals surface area contributed by atoms with Gasteiger partial charge in [-0.15, -0.1) is 0 Å². The van der Waals surface area contributed by atoms with Crippen LogP contribution in [0.3, 0.4) is 0 Å². The van der Waals surface area contributed by atoms with Gasteiger partial charge in [0.1, 0.15) is 19.8 Å². The van der Waals surface area contributed by atoms with E-state index >= 15 is 0 Å². The number of carboxylic acids is 1. The Morgan fingerprint density at radius 1 is 0.689 bits per heavy atom. The van der Waals surface area contributed by atoms with Crippen molar-refractivity contribution in [3.63, 3.8) is 0 Å². The van der Waals surface area contributed by atoms with Crippen molar-refractivity contribution in [3.05, 3.63) is 166 Å². The van der Waals surface area contributed by atoms with Crippen LogP contribution in [0.4, 0.5) is 0 Å². The summed E-state index contributed by atoms with van der Waals surface area (Å²) < 4.78 is 25.3. The maximum atomic E-state index is 13.2. The topological polar surface area (TPSA) is 74.2 Å². The first-order chi connectivity index (χ1) is 22.0. The van der Waals surface area contributed by atoms with E-state index in [0.29, 0.717) is 39.0 Å². The lowest BCUT2D eigenvalue weighted by Crippen LogP contribution is -2.37. The first kappa shape index (κ1) is 30.0. The third-order valence-electron chi connectivity index (χ3n) is 7.55. The van der Waals surface area contributed by atoms with Gasteiger partial charge < -0.3 is 24.1 Å². The molecule has 1 heterocycles. The lowest BCUT2D eigenvalue weighted by molar-refractivity contribution is -0.156. The molecule has 0 fully saturated rings. The fraction of sp³-hybridized carbons (Fsp3) is 0.132. The molecule has 0 amide bonds. The number of ether oxygens (including phenoxy) is 4. The second kappa shape index (κ2) is 13.7. The van der Waals surface area contributed by atoms with E-state index in [-0.39, 0.29) is 26.4 Å². The lowest BCUT2D eigenvalue weighted by atomic mass is 9.82. The molecule has 1 aliphatic rings. The first-order valence-corrected chi connectivity index (χ1v) is 14.9. The predicted octanol–water partition coefficient (Wildman–Crippen LogP) is 8.47. The molecule has 0 aromatic heterocycles. The summed E-state index contributed by atoms with van der Waals surface area (Å²) in [6.45, 7) is 0.812. The van der Waals surface area contributed by atoms with Crippen molar-refractivity contribution >= 4 is 23.1 Å². The molecule has 0 saturated heterocycles. The number of rotatable bonds is 12. The number of carboxylic acid groups (broad SMARTS) is 1. The van der Waals surface area contributed by atoms with Crippen LogP contribution >= 0.6 is 11.6 Å². The van der Waals surface area contributed by atoms with Gasteiger partial charge in [-0.25, -0.2) is 4.79 Å². The molecule has 6 nitrogen and oxygen atoms in total. The van der Waals surface area contributed by atoms with E-state index in [0.717, 1.165) is 16.7 Å². The standard InChI is InChI=1S/C38H31ClO6/c39-32-18-16-30(17-19-32)33-20-21-45-38(33,37(40)41)31-22-34(42-24-27-10-4-1-5-11-27)36(44-26-29-14-8-3-9-15-29)35(23-31)43-25-28-12-6-2-7-13-28/h1-20,22-23H,21,24-26H2,(H,40,41). The molecule has 6 rings (SSSR count). The summed E-state index contributed by atoms with van der Waals surface area (Å²) in [4.78, 5) is 13.2. The van der Waals surface area contributed by atoms with Crippen molar-refractivity contribution in [1.82, 2.24) is 0 Å². The van der Waals surface area contributed by atoms with Gasteiger partial charge in [0, 0.05) is 16.2 Å². The van der Waals surface area contributed by atoms with Crippen LogP contribution in [0.2, 0.25) is 5.02 Å². The Bertz CT molecular complexity index is 1710. The van der Waals surface area contributed by atoms with Crippen molar-refractivity contribution in [2.75, 3.05) is 6.61 Å². The fourth-order valence-electron chi connectivity index (χ4n) is 5.30. The van der Waals surface area contributed by atoms with Gasteiger partial charge in [-0.3, -0.25) is 0 Å². The highest BCUT2D eigenvalue weighted by Gasteiger charge is 2.49. The molecule has 1 N–H and O–H groups in total. The number of halogens is 1. The average molecular weight is 619 g/mol. The zero-order valence-electron chi connectivity index (χ0n) is 24.4. The number of benzene rings is 5. The number of aliphatic carboxylic acids is 1. The van der Waals surface area contributed by atoms with E-state index in [1.54, 1.807) is 42.5 Å². The highest BCUT2D eigenvalue weighted by atomic mass is 35.5. The molecule has 7 heteroatoms. The van der Waals surface area contributed by atoms with Crippen molar-refractivity contribution in [2.45, 2.75) is 25.4 Å². The Labute approximate surface area is 267 Å². The van der Waals surface area contributed by atoms with Crippen molar-refractivity contribution in [1.29, 1.82) is 0 Å². The molecule has 0 radical (unpaired) electrons.